The Labute approximate surface area is 258 Å². The molecule has 0 spiro atoms. The molecule has 5 aromatic rings. The second kappa shape index (κ2) is 12.9. The molecule has 0 bridgehead atoms. The van der Waals surface area contributed by atoms with Crippen molar-refractivity contribution in [3.8, 4) is 5.75 Å². The molecule has 1 atom stereocenters. The number of nitrogens with zero attached hydrogens (tertiary/aromatic N) is 2. The quantitative estimate of drug-likeness (QED) is 0.207. The molecule has 1 unspecified atom stereocenters. The maximum absolute atomic E-state index is 13.8. The summed E-state index contributed by atoms with van der Waals surface area (Å²) in [4.78, 5) is 31.7. The minimum atomic E-state index is -0.224. The van der Waals surface area contributed by atoms with Crippen LogP contribution in [-0.4, -0.2) is 45.1 Å². The first-order chi connectivity index (χ1) is 21.5. The SMILES string of the molecule is COc1ccccc1N1CCN(c2ccc(NC(=O)c3ccc4ccccc4c3)cc2C(=O)NC(C)c2ccccc2)CC1. The average Bonchev–Trinajstić information content (AvgIpc) is 3.08. The van der Waals surface area contributed by atoms with E-state index in [1.54, 1.807) is 13.2 Å². The number of methoxy groups -OCH3 is 1. The van der Waals surface area contributed by atoms with Crippen LogP contribution in [0.3, 0.4) is 0 Å². The number of rotatable bonds is 8. The highest BCUT2D eigenvalue weighted by atomic mass is 16.5. The van der Waals surface area contributed by atoms with Crippen molar-refractivity contribution in [2.75, 3.05) is 48.4 Å². The topological polar surface area (TPSA) is 73.9 Å². The predicted octanol–water partition coefficient (Wildman–Crippen LogP) is 6.92. The van der Waals surface area contributed by atoms with E-state index in [2.05, 4.69) is 26.5 Å². The number of fused-ring (bicyclic) bond motifs is 1. The number of hydrogen-bond acceptors (Lipinski definition) is 5. The van der Waals surface area contributed by atoms with Crippen LogP contribution < -0.4 is 25.2 Å². The van der Waals surface area contributed by atoms with E-state index in [-0.39, 0.29) is 17.9 Å². The number of benzene rings is 5. The van der Waals surface area contributed by atoms with Crippen LogP contribution >= 0.6 is 0 Å². The van der Waals surface area contributed by atoms with Crippen LogP contribution in [0.15, 0.2) is 115 Å². The Morgan fingerprint density at radius 3 is 2.09 bits per heavy atom. The Morgan fingerprint density at radius 1 is 0.682 bits per heavy atom. The van der Waals surface area contributed by atoms with Crippen molar-refractivity contribution in [3.63, 3.8) is 0 Å². The highest BCUT2D eigenvalue weighted by Crippen LogP contribution is 2.31. The third-order valence-corrected chi connectivity index (χ3v) is 8.20. The largest absolute Gasteiger partial charge is 0.495 e. The molecule has 7 heteroatoms. The summed E-state index contributed by atoms with van der Waals surface area (Å²) in [5.41, 5.74) is 4.58. The molecule has 1 aliphatic heterocycles. The van der Waals surface area contributed by atoms with E-state index in [4.69, 9.17) is 4.74 Å². The fourth-order valence-electron chi connectivity index (χ4n) is 5.78. The number of hydrogen-bond donors (Lipinski definition) is 2. The van der Waals surface area contributed by atoms with Gasteiger partial charge in [0.25, 0.3) is 11.8 Å². The summed E-state index contributed by atoms with van der Waals surface area (Å²) in [5.74, 6) is 0.436. The van der Waals surface area contributed by atoms with Gasteiger partial charge in [-0.15, -0.1) is 0 Å². The van der Waals surface area contributed by atoms with Gasteiger partial charge in [0.1, 0.15) is 5.75 Å². The van der Waals surface area contributed by atoms with Gasteiger partial charge >= 0.3 is 0 Å². The zero-order valence-electron chi connectivity index (χ0n) is 25.0. The first-order valence-corrected chi connectivity index (χ1v) is 14.9. The zero-order valence-corrected chi connectivity index (χ0v) is 25.0. The first kappa shape index (κ1) is 28.8. The van der Waals surface area contributed by atoms with E-state index in [0.29, 0.717) is 16.8 Å². The summed E-state index contributed by atoms with van der Waals surface area (Å²) < 4.78 is 5.59. The molecule has 0 aromatic heterocycles. The lowest BCUT2D eigenvalue weighted by Gasteiger charge is -2.38. The van der Waals surface area contributed by atoms with Crippen molar-refractivity contribution in [3.05, 3.63) is 132 Å². The van der Waals surface area contributed by atoms with Gasteiger partial charge in [-0.3, -0.25) is 9.59 Å². The van der Waals surface area contributed by atoms with Crippen molar-refractivity contribution < 1.29 is 14.3 Å². The summed E-state index contributed by atoms with van der Waals surface area (Å²) in [5, 5.41) is 8.26. The van der Waals surface area contributed by atoms with Crippen molar-refractivity contribution >= 4 is 39.6 Å². The number of carbonyl (C=O) groups excluding carboxylic acids is 2. The lowest BCUT2D eigenvalue weighted by Crippen LogP contribution is -2.47. The van der Waals surface area contributed by atoms with Gasteiger partial charge in [-0.1, -0.05) is 72.8 Å². The van der Waals surface area contributed by atoms with Gasteiger partial charge in [0.05, 0.1) is 24.4 Å². The Morgan fingerprint density at radius 2 is 1.34 bits per heavy atom. The Balaban J connectivity index is 1.25. The van der Waals surface area contributed by atoms with E-state index >= 15 is 0 Å². The van der Waals surface area contributed by atoms with Gasteiger partial charge in [-0.25, -0.2) is 0 Å². The van der Waals surface area contributed by atoms with Gasteiger partial charge in [0.15, 0.2) is 0 Å². The molecular formula is C37H36N4O3. The second-order valence-corrected chi connectivity index (χ2v) is 11.0. The zero-order chi connectivity index (χ0) is 30.5. The molecule has 44 heavy (non-hydrogen) atoms. The third kappa shape index (κ3) is 6.22. The molecule has 2 amide bonds. The van der Waals surface area contributed by atoms with Crippen LogP contribution in [0.1, 0.15) is 39.2 Å². The number of para-hydroxylation sites is 2. The molecule has 5 aromatic carbocycles. The van der Waals surface area contributed by atoms with E-state index in [0.717, 1.165) is 59.6 Å². The fraction of sp³-hybridized carbons (Fsp3) is 0.189. The molecule has 7 nitrogen and oxygen atoms in total. The van der Waals surface area contributed by atoms with Crippen molar-refractivity contribution in [2.45, 2.75) is 13.0 Å². The highest BCUT2D eigenvalue weighted by Gasteiger charge is 2.25. The van der Waals surface area contributed by atoms with Crippen LogP contribution in [0.5, 0.6) is 5.75 Å². The summed E-state index contributed by atoms with van der Waals surface area (Å²) in [6, 6.07) is 37.0. The van der Waals surface area contributed by atoms with Gasteiger partial charge in [0.2, 0.25) is 0 Å². The molecule has 0 aliphatic carbocycles. The third-order valence-electron chi connectivity index (χ3n) is 8.20. The van der Waals surface area contributed by atoms with Crippen LogP contribution in [0.2, 0.25) is 0 Å². The Kier molecular flexibility index (Phi) is 8.46. The van der Waals surface area contributed by atoms with Gasteiger partial charge in [-0.2, -0.15) is 0 Å². The van der Waals surface area contributed by atoms with E-state index in [9.17, 15) is 9.59 Å². The number of piperazine rings is 1. The lowest BCUT2D eigenvalue weighted by atomic mass is 10.0. The summed E-state index contributed by atoms with van der Waals surface area (Å²) in [7, 11) is 1.69. The summed E-state index contributed by atoms with van der Waals surface area (Å²) in [6.45, 7) is 5.00. The van der Waals surface area contributed by atoms with Gasteiger partial charge < -0.3 is 25.2 Å². The molecule has 1 aliphatic rings. The molecule has 1 heterocycles. The number of anilines is 3. The van der Waals surface area contributed by atoms with Crippen LogP contribution in [-0.2, 0) is 0 Å². The van der Waals surface area contributed by atoms with Crippen LogP contribution in [0.4, 0.5) is 17.1 Å². The van der Waals surface area contributed by atoms with E-state index in [1.165, 1.54) is 0 Å². The normalized spacial score (nSPS) is 13.8. The Hall–Kier alpha value is -5.30. The van der Waals surface area contributed by atoms with Crippen LogP contribution in [0.25, 0.3) is 10.8 Å². The monoisotopic (exact) mass is 584 g/mol. The first-order valence-electron chi connectivity index (χ1n) is 14.9. The van der Waals surface area contributed by atoms with Gasteiger partial charge in [-0.05, 0) is 65.7 Å². The molecule has 222 valence electrons. The minimum Gasteiger partial charge on any atom is -0.495 e. The van der Waals surface area contributed by atoms with Crippen molar-refractivity contribution in [2.24, 2.45) is 0 Å². The molecule has 0 radical (unpaired) electrons. The van der Waals surface area contributed by atoms with Crippen LogP contribution in [0, 0.1) is 0 Å². The van der Waals surface area contributed by atoms with Gasteiger partial charge in [0, 0.05) is 43.1 Å². The number of nitrogens with one attached hydrogen (secondary N) is 2. The second-order valence-electron chi connectivity index (χ2n) is 11.0. The summed E-state index contributed by atoms with van der Waals surface area (Å²) >= 11 is 0. The average molecular weight is 585 g/mol. The van der Waals surface area contributed by atoms with Crippen molar-refractivity contribution in [1.82, 2.24) is 5.32 Å². The number of amides is 2. The predicted molar refractivity (Wildman–Crippen MR) is 178 cm³/mol. The molecule has 1 fully saturated rings. The fourth-order valence-corrected chi connectivity index (χ4v) is 5.78. The molecule has 0 saturated carbocycles. The molecule has 2 N–H and O–H groups in total. The summed E-state index contributed by atoms with van der Waals surface area (Å²) in [6.07, 6.45) is 0. The number of carbonyl (C=O) groups is 2. The maximum atomic E-state index is 13.8. The smallest absolute Gasteiger partial charge is 0.255 e. The minimum absolute atomic E-state index is 0.185. The van der Waals surface area contributed by atoms with E-state index < -0.39 is 0 Å². The highest BCUT2D eigenvalue weighted by molar-refractivity contribution is 6.08. The standard InChI is InChI=1S/C37H36N4O3/c1-26(27-10-4-3-5-11-27)38-37(43)32-25-31(39-36(42)30-17-16-28-12-6-7-13-29(28)24-30)18-19-33(32)40-20-22-41(23-21-40)34-14-8-9-15-35(34)44-2/h3-19,24-26H,20-23H2,1-2H3,(H,38,43)(H,39,42). The maximum Gasteiger partial charge on any atom is 0.255 e. The molecular weight excluding hydrogens is 548 g/mol. The molecule has 1 saturated heterocycles. The van der Waals surface area contributed by atoms with Crippen molar-refractivity contribution in [1.29, 1.82) is 0 Å². The molecule has 6 rings (SSSR count). The Bertz CT molecular complexity index is 1780. The van der Waals surface area contributed by atoms with E-state index in [1.807, 2.05) is 110 Å². The number of ether oxygens (including phenoxy) is 1. The lowest BCUT2D eigenvalue weighted by molar-refractivity contribution is 0.0939.